The average Bonchev–Trinajstić information content (AvgIpc) is 3.36. The third-order valence-corrected chi connectivity index (χ3v) is 4.74. The van der Waals surface area contributed by atoms with E-state index in [1.165, 1.54) is 6.20 Å². The van der Waals surface area contributed by atoms with Gasteiger partial charge in [-0.3, -0.25) is 9.59 Å². The number of esters is 1. The van der Waals surface area contributed by atoms with E-state index in [1.54, 1.807) is 47.7 Å². The van der Waals surface area contributed by atoms with Gasteiger partial charge in [0.15, 0.2) is 0 Å². The van der Waals surface area contributed by atoms with Crippen molar-refractivity contribution in [1.82, 2.24) is 20.0 Å². The summed E-state index contributed by atoms with van der Waals surface area (Å²) in [5, 5.41) is 6.90. The molecule has 8 nitrogen and oxygen atoms in total. The van der Waals surface area contributed by atoms with Gasteiger partial charge >= 0.3 is 5.97 Å². The van der Waals surface area contributed by atoms with Crippen LogP contribution in [0.4, 0.5) is 0 Å². The fourth-order valence-electron chi connectivity index (χ4n) is 3.17. The molecular formula is C20H24N4O4. The fourth-order valence-corrected chi connectivity index (χ4v) is 3.17. The Labute approximate surface area is 163 Å². The Morgan fingerprint density at radius 2 is 1.82 bits per heavy atom. The summed E-state index contributed by atoms with van der Waals surface area (Å²) >= 11 is 0. The number of likely N-dealkylation sites (tertiary alicyclic amines) is 1. The second kappa shape index (κ2) is 8.69. The number of ether oxygens (including phenoxy) is 1. The molecule has 28 heavy (non-hydrogen) atoms. The van der Waals surface area contributed by atoms with Crippen molar-refractivity contribution in [3.8, 4) is 5.69 Å². The van der Waals surface area contributed by atoms with Crippen LogP contribution >= 0.6 is 0 Å². The molecule has 0 unspecified atom stereocenters. The lowest BCUT2D eigenvalue weighted by Crippen LogP contribution is -2.38. The zero-order valence-electron chi connectivity index (χ0n) is 16.1. The molecule has 1 aliphatic heterocycles. The Balaban J connectivity index is 1.64. The van der Waals surface area contributed by atoms with Crippen molar-refractivity contribution >= 4 is 17.8 Å². The number of aromatic nitrogens is 2. The Morgan fingerprint density at radius 1 is 1.14 bits per heavy atom. The number of nitrogens with one attached hydrogen (secondary N) is 1. The minimum absolute atomic E-state index is 0.00174. The number of nitrogens with zero attached hydrogens (tertiary/aromatic N) is 3. The molecule has 1 fully saturated rings. The second-order valence-electron chi connectivity index (χ2n) is 6.59. The predicted octanol–water partition coefficient (Wildman–Crippen LogP) is 1.71. The van der Waals surface area contributed by atoms with Gasteiger partial charge in [0.05, 0.1) is 30.7 Å². The first kappa shape index (κ1) is 19.6. The summed E-state index contributed by atoms with van der Waals surface area (Å²) in [6.07, 6.45) is 3.51. The van der Waals surface area contributed by atoms with Crippen molar-refractivity contribution in [3.05, 3.63) is 47.3 Å². The van der Waals surface area contributed by atoms with E-state index in [1.807, 2.05) is 0 Å². The Bertz CT molecular complexity index is 867. The summed E-state index contributed by atoms with van der Waals surface area (Å²) in [5.41, 5.74) is 2.24. The van der Waals surface area contributed by atoms with Gasteiger partial charge in [0.1, 0.15) is 5.56 Å². The summed E-state index contributed by atoms with van der Waals surface area (Å²) in [5.74, 6) is -0.769. The highest BCUT2D eigenvalue weighted by atomic mass is 16.5. The van der Waals surface area contributed by atoms with Gasteiger partial charge in [-0.2, -0.15) is 5.10 Å². The lowest BCUT2D eigenvalue weighted by Gasteiger charge is -2.15. The molecule has 148 valence electrons. The van der Waals surface area contributed by atoms with Crippen LogP contribution in [-0.2, 0) is 9.53 Å². The van der Waals surface area contributed by atoms with Gasteiger partial charge in [-0.15, -0.1) is 0 Å². The van der Waals surface area contributed by atoms with E-state index in [0.29, 0.717) is 23.4 Å². The van der Waals surface area contributed by atoms with Crippen LogP contribution in [0.15, 0.2) is 30.5 Å². The maximum atomic E-state index is 12.3. The highest BCUT2D eigenvalue weighted by molar-refractivity contribution is 5.96. The number of hydrogen-bond acceptors (Lipinski definition) is 5. The molecule has 0 aliphatic carbocycles. The van der Waals surface area contributed by atoms with Crippen molar-refractivity contribution in [2.75, 3.05) is 26.2 Å². The van der Waals surface area contributed by atoms with E-state index in [0.717, 1.165) is 31.6 Å². The normalized spacial score (nSPS) is 13.4. The van der Waals surface area contributed by atoms with Crippen molar-refractivity contribution in [2.24, 2.45) is 0 Å². The quantitative estimate of drug-likeness (QED) is 0.766. The monoisotopic (exact) mass is 384 g/mol. The molecule has 0 spiro atoms. The van der Waals surface area contributed by atoms with E-state index in [-0.39, 0.29) is 18.4 Å². The van der Waals surface area contributed by atoms with Gasteiger partial charge in [0.25, 0.3) is 5.91 Å². The number of amides is 2. The minimum Gasteiger partial charge on any atom is -0.462 e. The second-order valence-corrected chi connectivity index (χ2v) is 6.59. The molecule has 0 bridgehead atoms. The summed E-state index contributed by atoms with van der Waals surface area (Å²) in [6, 6.07) is 6.81. The zero-order chi connectivity index (χ0) is 20.1. The number of hydrogen-bond donors (Lipinski definition) is 1. The molecule has 0 saturated carbocycles. The average molecular weight is 384 g/mol. The molecule has 1 aromatic carbocycles. The highest BCUT2D eigenvalue weighted by Gasteiger charge is 2.19. The fraction of sp³-hybridized carbons (Fsp3) is 0.400. The van der Waals surface area contributed by atoms with E-state index in [2.05, 4.69) is 10.4 Å². The van der Waals surface area contributed by atoms with E-state index in [9.17, 15) is 14.4 Å². The highest BCUT2D eigenvalue weighted by Crippen LogP contribution is 2.16. The Hall–Kier alpha value is -3.16. The molecule has 2 amide bonds. The van der Waals surface area contributed by atoms with E-state index >= 15 is 0 Å². The molecule has 2 heterocycles. The number of rotatable bonds is 6. The minimum atomic E-state index is -0.412. The first-order valence-corrected chi connectivity index (χ1v) is 9.39. The standard InChI is InChI=1S/C20H24N4O4/c1-3-28-20(27)17-12-22-24(14(17)2)16-8-6-15(7-9-16)19(26)21-13-18(25)23-10-4-5-11-23/h6-9,12H,3-5,10-11,13H2,1-2H3,(H,21,26). The van der Waals surface area contributed by atoms with Gasteiger partial charge < -0.3 is 15.0 Å². The lowest BCUT2D eigenvalue weighted by atomic mass is 10.2. The smallest absolute Gasteiger partial charge is 0.341 e. The Kier molecular flexibility index (Phi) is 6.08. The van der Waals surface area contributed by atoms with Crippen molar-refractivity contribution in [2.45, 2.75) is 26.7 Å². The molecule has 1 aliphatic rings. The number of carbonyl (C=O) groups excluding carboxylic acids is 3. The molecule has 2 aromatic rings. The van der Waals surface area contributed by atoms with Crippen LogP contribution in [0, 0.1) is 6.92 Å². The van der Waals surface area contributed by atoms with Gasteiger partial charge in [-0.05, 0) is 51.0 Å². The third-order valence-electron chi connectivity index (χ3n) is 4.74. The third kappa shape index (κ3) is 4.21. The van der Waals surface area contributed by atoms with Crippen molar-refractivity contribution in [1.29, 1.82) is 0 Å². The molecule has 1 saturated heterocycles. The molecule has 1 aromatic heterocycles. The van der Waals surface area contributed by atoms with Crippen LogP contribution in [0.5, 0.6) is 0 Å². The summed E-state index contributed by atoms with van der Waals surface area (Å²) < 4.78 is 6.63. The molecule has 0 radical (unpaired) electrons. The van der Waals surface area contributed by atoms with Gasteiger partial charge in [-0.25, -0.2) is 9.48 Å². The topological polar surface area (TPSA) is 93.5 Å². The van der Waals surface area contributed by atoms with Crippen LogP contribution in [0.25, 0.3) is 5.69 Å². The molecule has 3 rings (SSSR count). The van der Waals surface area contributed by atoms with E-state index < -0.39 is 5.97 Å². The molecule has 8 heteroatoms. The first-order valence-electron chi connectivity index (χ1n) is 9.39. The summed E-state index contributed by atoms with van der Waals surface area (Å²) in [7, 11) is 0. The van der Waals surface area contributed by atoms with Crippen LogP contribution in [0.3, 0.4) is 0 Å². The Morgan fingerprint density at radius 3 is 2.46 bits per heavy atom. The van der Waals surface area contributed by atoms with Gasteiger partial charge in [-0.1, -0.05) is 0 Å². The van der Waals surface area contributed by atoms with Crippen molar-refractivity contribution < 1.29 is 19.1 Å². The van der Waals surface area contributed by atoms with Crippen molar-refractivity contribution in [3.63, 3.8) is 0 Å². The lowest BCUT2D eigenvalue weighted by molar-refractivity contribution is -0.129. The zero-order valence-corrected chi connectivity index (χ0v) is 16.1. The first-order chi connectivity index (χ1) is 13.5. The van der Waals surface area contributed by atoms with Crippen LogP contribution in [-0.4, -0.2) is 58.7 Å². The SMILES string of the molecule is CCOC(=O)c1cnn(-c2ccc(C(=O)NCC(=O)N3CCCC3)cc2)c1C. The van der Waals surface area contributed by atoms with Crippen LogP contribution < -0.4 is 5.32 Å². The molecule has 0 atom stereocenters. The summed E-state index contributed by atoms with van der Waals surface area (Å²) in [4.78, 5) is 38.0. The number of carbonyl (C=O) groups is 3. The maximum absolute atomic E-state index is 12.3. The predicted molar refractivity (Wildman–Crippen MR) is 102 cm³/mol. The molecular weight excluding hydrogens is 360 g/mol. The van der Waals surface area contributed by atoms with Gasteiger partial charge in [0, 0.05) is 18.7 Å². The number of benzene rings is 1. The van der Waals surface area contributed by atoms with Crippen LogP contribution in [0.2, 0.25) is 0 Å². The summed E-state index contributed by atoms with van der Waals surface area (Å²) in [6.45, 7) is 5.36. The van der Waals surface area contributed by atoms with E-state index in [4.69, 9.17) is 4.74 Å². The molecule has 1 N–H and O–H groups in total. The van der Waals surface area contributed by atoms with Gasteiger partial charge in [0.2, 0.25) is 5.91 Å². The largest absolute Gasteiger partial charge is 0.462 e. The maximum Gasteiger partial charge on any atom is 0.341 e. The van der Waals surface area contributed by atoms with Crippen LogP contribution in [0.1, 0.15) is 46.2 Å².